The largest absolute Gasteiger partial charge is 0.322 e. The molecule has 2 aliphatic heterocycles. The Bertz CT molecular complexity index is 995. The van der Waals surface area contributed by atoms with E-state index < -0.39 is 10.0 Å². The number of nitrogens with zero attached hydrogens (tertiary/aromatic N) is 1. The van der Waals surface area contributed by atoms with Gasteiger partial charge >= 0.3 is 0 Å². The first-order valence-corrected chi connectivity index (χ1v) is 13.7. The Morgan fingerprint density at radius 3 is 2.37 bits per heavy atom. The van der Waals surface area contributed by atoms with Crippen LogP contribution in [0.25, 0.3) is 0 Å². The van der Waals surface area contributed by atoms with Gasteiger partial charge in [-0.1, -0.05) is 19.1 Å². The van der Waals surface area contributed by atoms with Gasteiger partial charge in [0.05, 0.1) is 9.48 Å². The quantitative estimate of drug-likeness (QED) is 0.689. The maximum atomic E-state index is 12.9. The van der Waals surface area contributed by atoms with Crippen molar-refractivity contribution in [2.45, 2.75) is 29.2 Å². The molecule has 2 aromatic rings. The van der Waals surface area contributed by atoms with Crippen LogP contribution in [0.2, 0.25) is 0 Å². The van der Waals surface area contributed by atoms with Crippen molar-refractivity contribution < 1.29 is 13.2 Å². The molecular formula is C22H26N2O3S3. The topological polar surface area (TPSA) is 66.5 Å². The molecule has 0 atom stereocenters. The molecule has 160 valence electrons. The second kappa shape index (κ2) is 9.34. The van der Waals surface area contributed by atoms with E-state index in [1.807, 2.05) is 41.7 Å². The third-order valence-corrected chi connectivity index (χ3v) is 10.6. The van der Waals surface area contributed by atoms with Crippen LogP contribution in [0.4, 0.5) is 5.69 Å². The molecule has 4 rings (SSSR count). The lowest BCUT2D eigenvalue weighted by Crippen LogP contribution is -2.37. The summed E-state index contributed by atoms with van der Waals surface area (Å²) in [4.78, 5) is 12.9. The summed E-state index contributed by atoms with van der Waals surface area (Å²) in [7, 11) is -3.50. The van der Waals surface area contributed by atoms with Crippen LogP contribution in [-0.2, 0) is 10.0 Å². The van der Waals surface area contributed by atoms with E-state index in [4.69, 9.17) is 0 Å². The molecule has 0 radical (unpaired) electrons. The van der Waals surface area contributed by atoms with Crippen molar-refractivity contribution in [3.63, 3.8) is 0 Å². The Balaban J connectivity index is 1.44. The molecule has 8 heteroatoms. The summed E-state index contributed by atoms with van der Waals surface area (Å²) in [5.74, 6) is 2.62. The first-order valence-electron chi connectivity index (χ1n) is 10.2. The van der Waals surface area contributed by atoms with Gasteiger partial charge in [0.25, 0.3) is 5.91 Å². The lowest BCUT2D eigenvalue weighted by atomic mass is 10.0. The number of hydrogen-bond acceptors (Lipinski definition) is 5. The fourth-order valence-corrected chi connectivity index (χ4v) is 7.98. The number of sulfonamides is 1. The first-order chi connectivity index (χ1) is 14.4. The van der Waals surface area contributed by atoms with Crippen molar-refractivity contribution in [3.8, 4) is 0 Å². The molecule has 0 saturated carbocycles. The number of nitrogens with one attached hydrogen (secondary N) is 1. The van der Waals surface area contributed by atoms with Crippen LogP contribution in [0.5, 0.6) is 0 Å². The number of anilines is 1. The van der Waals surface area contributed by atoms with Gasteiger partial charge in [-0.3, -0.25) is 4.79 Å². The Morgan fingerprint density at radius 1 is 1.03 bits per heavy atom. The van der Waals surface area contributed by atoms with Crippen LogP contribution in [0.3, 0.4) is 0 Å². The SMILES string of the molecule is CC1CCN(S(=O)(=O)c2ccc(C(=O)Nc3cccc(C4SCCS4)c3)cc2)CC1. The molecule has 0 bridgehead atoms. The number of thioether (sulfide) groups is 2. The Hall–Kier alpha value is -1.48. The van der Waals surface area contributed by atoms with Crippen molar-refractivity contribution in [2.75, 3.05) is 29.9 Å². The van der Waals surface area contributed by atoms with Gasteiger partial charge < -0.3 is 5.32 Å². The molecule has 2 heterocycles. The lowest BCUT2D eigenvalue weighted by molar-refractivity contribution is 0.102. The van der Waals surface area contributed by atoms with Gasteiger partial charge in [-0.05, 0) is 60.7 Å². The molecular weight excluding hydrogens is 436 g/mol. The van der Waals surface area contributed by atoms with Crippen LogP contribution in [-0.4, -0.2) is 43.2 Å². The highest BCUT2D eigenvalue weighted by Gasteiger charge is 2.28. The van der Waals surface area contributed by atoms with Gasteiger partial charge in [0, 0.05) is 35.8 Å². The highest BCUT2D eigenvalue weighted by molar-refractivity contribution is 8.19. The van der Waals surface area contributed by atoms with E-state index >= 15 is 0 Å². The molecule has 0 aliphatic carbocycles. The summed E-state index contributed by atoms with van der Waals surface area (Å²) in [6.07, 6.45) is 1.77. The molecule has 1 N–H and O–H groups in total. The summed E-state index contributed by atoms with van der Waals surface area (Å²) in [6.45, 7) is 3.26. The van der Waals surface area contributed by atoms with Crippen LogP contribution in [0.1, 0.15) is 40.3 Å². The van der Waals surface area contributed by atoms with Gasteiger partial charge in [0.2, 0.25) is 10.0 Å². The monoisotopic (exact) mass is 462 g/mol. The maximum Gasteiger partial charge on any atom is 0.255 e. The number of amides is 1. The first kappa shape index (κ1) is 21.7. The Labute approximate surface area is 187 Å². The minimum atomic E-state index is -3.50. The van der Waals surface area contributed by atoms with Crippen LogP contribution in [0.15, 0.2) is 53.4 Å². The number of rotatable bonds is 5. The van der Waals surface area contributed by atoms with E-state index in [0.29, 0.717) is 29.2 Å². The number of carbonyl (C=O) groups excluding carboxylic acids is 1. The summed E-state index contributed by atoms with van der Waals surface area (Å²) in [5.41, 5.74) is 2.40. The van der Waals surface area contributed by atoms with Gasteiger partial charge in [-0.2, -0.15) is 4.31 Å². The average Bonchev–Trinajstić information content (AvgIpc) is 3.29. The summed E-state index contributed by atoms with van der Waals surface area (Å²) in [5, 5.41) is 2.93. The van der Waals surface area contributed by atoms with Crippen LogP contribution >= 0.6 is 23.5 Å². The fraction of sp³-hybridized carbons (Fsp3) is 0.409. The molecule has 2 fully saturated rings. The molecule has 5 nitrogen and oxygen atoms in total. The van der Waals surface area contributed by atoms with Crippen LogP contribution < -0.4 is 5.32 Å². The summed E-state index contributed by atoms with van der Waals surface area (Å²) in [6, 6.07) is 14.2. The number of carbonyl (C=O) groups is 1. The highest BCUT2D eigenvalue weighted by atomic mass is 32.2. The lowest BCUT2D eigenvalue weighted by Gasteiger charge is -2.29. The highest BCUT2D eigenvalue weighted by Crippen LogP contribution is 2.45. The third-order valence-electron chi connectivity index (χ3n) is 5.54. The van der Waals surface area contributed by atoms with E-state index in [2.05, 4.69) is 18.3 Å². The molecule has 2 aliphatic rings. The smallest absolute Gasteiger partial charge is 0.255 e. The predicted molar refractivity (Wildman–Crippen MR) is 126 cm³/mol. The zero-order chi connectivity index (χ0) is 21.1. The van der Waals surface area contributed by atoms with Crippen molar-refractivity contribution in [3.05, 3.63) is 59.7 Å². The molecule has 1 amide bonds. The van der Waals surface area contributed by atoms with E-state index in [0.717, 1.165) is 30.0 Å². The number of benzene rings is 2. The maximum absolute atomic E-state index is 12.9. The summed E-state index contributed by atoms with van der Waals surface area (Å²) < 4.78 is 27.7. The van der Waals surface area contributed by atoms with Crippen molar-refractivity contribution in [1.82, 2.24) is 4.31 Å². The fourth-order valence-electron chi connectivity index (χ4n) is 3.67. The van der Waals surface area contributed by atoms with E-state index in [-0.39, 0.29) is 10.8 Å². The van der Waals surface area contributed by atoms with Crippen molar-refractivity contribution in [1.29, 1.82) is 0 Å². The Kier molecular flexibility index (Phi) is 6.77. The minimum Gasteiger partial charge on any atom is -0.322 e. The normalized spacial score (nSPS) is 19.1. The second-order valence-corrected chi connectivity index (χ2v) is 12.4. The number of piperidine rings is 1. The average molecular weight is 463 g/mol. The van der Waals surface area contributed by atoms with Gasteiger partial charge in [0.15, 0.2) is 0 Å². The van der Waals surface area contributed by atoms with E-state index in [1.165, 1.54) is 17.7 Å². The zero-order valence-electron chi connectivity index (χ0n) is 16.9. The minimum absolute atomic E-state index is 0.241. The molecule has 0 aromatic heterocycles. The second-order valence-electron chi connectivity index (χ2n) is 7.76. The van der Waals surface area contributed by atoms with Gasteiger partial charge in [0.1, 0.15) is 0 Å². The third kappa shape index (κ3) is 4.88. The van der Waals surface area contributed by atoms with Crippen molar-refractivity contribution in [2.24, 2.45) is 5.92 Å². The molecule has 30 heavy (non-hydrogen) atoms. The summed E-state index contributed by atoms with van der Waals surface area (Å²) >= 11 is 3.85. The van der Waals surface area contributed by atoms with Crippen LogP contribution in [0, 0.1) is 5.92 Å². The molecule has 0 unspecified atom stereocenters. The number of hydrogen-bond donors (Lipinski definition) is 1. The van der Waals surface area contributed by atoms with Gasteiger partial charge in [-0.15, -0.1) is 23.5 Å². The Morgan fingerprint density at radius 2 is 1.70 bits per heavy atom. The predicted octanol–water partition coefficient (Wildman–Crippen LogP) is 4.84. The molecule has 2 aromatic carbocycles. The zero-order valence-corrected chi connectivity index (χ0v) is 19.4. The van der Waals surface area contributed by atoms with E-state index in [9.17, 15) is 13.2 Å². The molecule has 0 spiro atoms. The van der Waals surface area contributed by atoms with Crippen molar-refractivity contribution >= 4 is 45.1 Å². The molecule has 2 saturated heterocycles. The van der Waals surface area contributed by atoms with Gasteiger partial charge in [-0.25, -0.2) is 8.42 Å². The standard InChI is InChI=1S/C22H26N2O3S3/c1-16-9-11-24(12-10-16)30(26,27)20-7-5-17(6-8-20)21(25)23-19-4-2-3-18(15-19)22-28-13-14-29-22/h2-8,15-16,22H,9-14H2,1H3,(H,23,25). The van der Waals surface area contributed by atoms with E-state index in [1.54, 1.807) is 16.4 Å².